The van der Waals surface area contributed by atoms with Crippen LogP contribution in [0, 0.1) is 11.8 Å². The lowest BCUT2D eigenvalue weighted by Crippen LogP contribution is -2.49. The lowest BCUT2D eigenvalue weighted by Gasteiger charge is -2.37. The van der Waals surface area contributed by atoms with Gasteiger partial charge in [-0.15, -0.1) is 12.4 Å². The molecule has 1 amide bonds. The van der Waals surface area contributed by atoms with Gasteiger partial charge in [-0.1, -0.05) is 6.92 Å². The van der Waals surface area contributed by atoms with Crippen LogP contribution in [-0.4, -0.2) is 49.2 Å². The molecule has 2 saturated carbocycles. The summed E-state index contributed by atoms with van der Waals surface area (Å²) in [5, 5.41) is 3.37. The van der Waals surface area contributed by atoms with Gasteiger partial charge in [-0.3, -0.25) is 4.79 Å². The summed E-state index contributed by atoms with van der Waals surface area (Å²) in [5.41, 5.74) is 0. The fourth-order valence-corrected chi connectivity index (χ4v) is 3.82. The number of rotatable bonds is 7. The summed E-state index contributed by atoms with van der Waals surface area (Å²) < 4.78 is 5.78. The summed E-state index contributed by atoms with van der Waals surface area (Å²) in [4.78, 5) is 14.9. The Hall–Kier alpha value is -0.320. The van der Waals surface area contributed by atoms with Crippen LogP contribution >= 0.6 is 12.4 Å². The molecule has 1 atom stereocenters. The minimum atomic E-state index is 0. The van der Waals surface area contributed by atoms with E-state index in [4.69, 9.17) is 4.74 Å². The average Bonchev–Trinajstić information content (AvgIpc) is 3.19. The van der Waals surface area contributed by atoms with Crippen LogP contribution in [0.25, 0.3) is 0 Å². The second kappa shape index (κ2) is 9.24. The highest BCUT2D eigenvalue weighted by Gasteiger charge is 2.30. The third-order valence-corrected chi connectivity index (χ3v) is 5.58. The molecule has 5 heteroatoms. The monoisotopic (exact) mass is 344 g/mol. The van der Waals surface area contributed by atoms with Gasteiger partial charge in [0.1, 0.15) is 0 Å². The van der Waals surface area contributed by atoms with E-state index in [-0.39, 0.29) is 24.4 Å². The highest BCUT2D eigenvalue weighted by Crippen LogP contribution is 2.29. The lowest BCUT2D eigenvalue weighted by atomic mass is 9.86. The summed E-state index contributed by atoms with van der Waals surface area (Å²) in [6.07, 6.45) is 10.1. The van der Waals surface area contributed by atoms with Gasteiger partial charge < -0.3 is 15.0 Å². The van der Waals surface area contributed by atoms with Crippen LogP contribution in [0.5, 0.6) is 0 Å². The molecule has 1 saturated heterocycles. The van der Waals surface area contributed by atoms with Crippen molar-refractivity contribution in [3.63, 3.8) is 0 Å². The van der Waals surface area contributed by atoms with Crippen molar-refractivity contribution in [2.45, 2.75) is 70.4 Å². The lowest BCUT2D eigenvalue weighted by molar-refractivity contribution is -0.135. The number of carbonyl (C=O) groups is 1. The minimum absolute atomic E-state index is 0. The maximum atomic E-state index is 12.7. The number of hydrogen-bond donors (Lipinski definition) is 1. The van der Waals surface area contributed by atoms with E-state index in [2.05, 4.69) is 17.1 Å². The Labute approximate surface area is 147 Å². The molecule has 0 aromatic carbocycles. The third-order valence-electron chi connectivity index (χ3n) is 5.58. The van der Waals surface area contributed by atoms with Crippen molar-refractivity contribution in [1.82, 2.24) is 10.2 Å². The predicted molar refractivity (Wildman–Crippen MR) is 94.9 cm³/mol. The van der Waals surface area contributed by atoms with Gasteiger partial charge in [-0.25, -0.2) is 0 Å². The first-order valence-corrected chi connectivity index (χ1v) is 9.34. The molecule has 1 unspecified atom stereocenters. The van der Waals surface area contributed by atoms with E-state index >= 15 is 0 Å². The van der Waals surface area contributed by atoms with Crippen molar-refractivity contribution in [2.24, 2.45) is 11.8 Å². The molecule has 3 rings (SSSR count). The molecule has 1 heterocycles. The van der Waals surface area contributed by atoms with Crippen LogP contribution in [0.3, 0.4) is 0 Å². The zero-order chi connectivity index (χ0) is 15.4. The van der Waals surface area contributed by atoms with Gasteiger partial charge in [-0.05, 0) is 69.7 Å². The molecule has 3 aliphatic rings. The zero-order valence-corrected chi connectivity index (χ0v) is 15.3. The zero-order valence-electron chi connectivity index (χ0n) is 14.5. The number of halogens is 1. The first-order valence-electron chi connectivity index (χ1n) is 9.34. The van der Waals surface area contributed by atoms with Gasteiger partial charge in [-0.2, -0.15) is 0 Å². The Morgan fingerprint density at radius 2 is 1.87 bits per heavy atom. The molecule has 0 aromatic rings. The van der Waals surface area contributed by atoms with Crippen molar-refractivity contribution in [3.05, 3.63) is 0 Å². The molecular weight excluding hydrogens is 312 g/mol. The van der Waals surface area contributed by atoms with Crippen LogP contribution in [-0.2, 0) is 9.53 Å². The van der Waals surface area contributed by atoms with Gasteiger partial charge in [0.2, 0.25) is 5.91 Å². The molecule has 4 nitrogen and oxygen atoms in total. The van der Waals surface area contributed by atoms with Crippen LogP contribution in [0.2, 0.25) is 0 Å². The smallest absolute Gasteiger partial charge is 0.236 e. The maximum absolute atomic E-state index is 12.7. The molecule has 23 heavy (non-hydrogen) atoms. The first kappa shape index (κ1) is 19.0. The van der Waals surface area contributed by atoms with Gasteiger partial charge in [0, 0.05) is 19.2 Å². The Balaban J connectivity index is 0.00000192. The van der Waals surface area contributed by atoms with Crippen molar-refractivity contribution in [2.75, 3.05) is 26.2 Å². The second-order valence-corrected chi connectivity index (χ2v) is 7.67. The van der Waals surface area contributed by atoms with Gasteiger partial charge in [0.15, 0.2) is 0 Å². The highest BCUT2D eigenvalue weighted by atomic mass is 35.5. The van der Waals surface area contributed by atoms with Gasteiger partial charge in [0.05, 0.1) is 12.6 Å². The topological polar surface area (TPSA) is 41.6 Å². The quantitative estimate of drug-likeness (QED) is 0.772. The molecule has 1 N–H and O–H groups in total. The van der Waals surface area contributed by atoms with Crippen LogP contribution in [0.1, 0.15) is 58.3 Å². The molecule has 0 aromatic heterocycles. The standard InChI is InChI=1S/C18H32N2O2.ClH/c1-14-4-8-16(9-5-14)20(13-17-3-2-10-22-17)18(21)12-19-11-15-6-7-15;/h14-17,19H,2-13H2,1H3;1H. The molecular formula is C18H33ClN2O2. The van der Waals surface area contributed by atoms with Crippen LogP contribution in [0.4, 0.5) is 0 Å². The maximum Gasteiger partial charge on any atom is 0.236 e. The Kier molecular flexibility index (Phi) is 7.64. The molecule has 0 spiro atoms. The number of nitrogens with one attached hydrogen (secondary N) is 1. The van der Waals surface area contributed by atoms with Gasteiger partial charge >= 0.3 is 0 Å². The molecule has 134 valence electrons. The van der Waals surface area contributed by atoms with Crippen molar-refractivity contribution >= 4 is 18.3 Å². The number of nitrogens with zero attached hydrogens (tertiary/aromatic N) is 1. The SMILES string of the molecule is CC1CCC(N(CC2CCCO2)C(=O)CNCC2CC2)CC1.Cl. The van der Waals surface area contributed by atoms with E-state index in [1.165, 1.54) is 38.5 Å². The fraction of sp³-hybridized carbons (Fsp3) is 0.944. The summed E-state index contributed by atoms with van der Waals surface area (Å²) in [6, 6.07) is 0.440. The molecule has 1 aliphatic heterocycles. The first-order chi connectivity index (χ1) is 10.7. The van der Waals surface area contributed by atoms with E-state index in [1.54, 1.807) is 0 Å². The summed E-state index contributed by atoms with van der Waals surface area (Å²) in [5.74, 6) is 1.94. The Morgan fingerprint density at radius 1 is 1.13 bits per heavy atom. The summed E-state index contributed by atoms with van der Waals surface area (Å²) in [7, 11) is 0. The Morgan fingerprint density at radius 3 is 2.48 bits per heavy atom. The third kappa shape index (κ3) is 5.91. The predicted octanol–water partition coefficient (Wildman–Crippen LogP) is 2.99. The van der Waals surface area contributed by atoms with E-state index in [9.17, 15) is 4.79 Å². The highest BCUT2D eigenvalue weighted by molar-refractivity contribution is 5.85. The number of hydrogen-bond acceptors (Lipinski definition) is 3. The normalized spacial score (nSPS) is 30.7. The van der Waals surface area contributed by atoms with E-state index < -0.39 is 0 Å². The molecule has 0 bridgehead atoms. The van der Waals surface area contributed by atoms with Crippen molar-refractivity contribution in [1.29, 1.82) is 0 Å². The average molecular weight is 345 g/mol. The number of carbonyl (C=O) groups excluding carboxylic acids is 1. The molecule has 2 aliphatic carbocycles. The van der Waals surface area contributed by atoms with Crippen LogP contribution < -0.4 is 5.32 Å². The largest absolute Gasteiger partial charge is 0.376 e. The molecule has 0 radical (unpaired) electrons. The fourth-order valence-electron chi connectivity index (χ4n) is 3.82. The minimum Gasteiger partial charge on any atom is -0.376 e. The van der Waals surface area contributed by atoms with E-state index in [0.717, 1.165) is 44.4 Å². The number of ether oxygens (including phenoxy) is 1. The summed E-state index contributed by atoms with van der Waals surface area (Å²) in [6.45, 7) is 5.54. The summed E-state index contributed by atoms with van der Waals surface area (Å²) >= 11 is 0. The van der Waals surface area contributed by atoms with Crippen molar-refractivity contribution < 1.29 is 9.53 Å². The van der Waals surface area contributed by atoms with Crippen LogP contribution in [0.15, 0.2) is 0 Å². The second-order valence-electron chi connectivity index (χ2n) is 7.67. The van der Waals surface area contributed by atoms with Crippen molar-refractivity contribution in [3.8, 4) is 0 Å². The van der Waals surface area contributed by atoms with E-state index in [0.29, 0.717) is 12.6 Å². The van der Waals surface area contributed by atoms with Gasteiger partial charge in [0.25, 0.3) is 0 Å². The number of amides is 1. The molecule has 3 fully saturated rings. The van der Waals surface area contributed by atoms with E-state index in [1.807, 2.05) is 0 Å². The Bertz CT molecular complexity index is 362.